The number of ether oxygens (including phenoxy) is 1. The molecule has 139 valence electrons. The number of hydrogen-bond donors (Lipinski definition) is 1. The van der Waals surface area contributed by atoms with Crippen molar-refractivity contribution >= 4 is 28.4 Å². The molecule has 0 aliphatic carbocycles. The Morgan fingerprint density at radius 3 is 2.93 bits per heavy atom. The van der Waals surface area contributed by atoms with E-state index in [1.165, 1.54) is 5.56 Å². The summed E-state index contributed by atoms with van der Waals surface area (Å²) < 4.78 is 10.8. The molecule has 2 aromatic carbocycles. The minimum absolute atomic E-state index is 0.518. The highest BCUT2D eigenvalue weighted by atomic mass is 16.5. The van der Waals surface area contributed by atoms with Crippen LogP contribution in [0.1, 0.15) is 11.1 Å². The molecule has 28 heavy (non-hydrogen) atoms. The van der Waals surface area contributed by atoms with Crippen LogP contribution in [0, 0.1) is 6.20 Å². The van der Waals surface area contributed by atoms with E-state index >= 15 is 0 Å². The van der Waals surface area contributed by atoms with Crippen molar-refractivity contribution in [3.05, 3.63) is 72.1 Å². The van der Waals surface area contributed by atoms with Crippen LogP contribution in [0.15, 0.2) is 59.2 Å². The van der Waals surface area contributed by atoms with E-state index in [1.54, 1.807) is 13.4 Å². The molecule has 3 heterocycles. The molecule has 0 fully saturated rings. The third-order valence-corrected chi connectivity index (χ3v) is 4.97. The van der Waals surface area contributed by atoms with Crippen LogP contribution in [0.3, 0.4) is 0 Å². The number of anilines is 3. The number of hydrogen-bond acceptors (Lipinski definition) is 6. The first-order chi connectivity index (χ1) is 13.8. The SMILES string of the molecule is COc1ccc(CN2CCc3[c]nc(Nc4cccc5ccoc45)nc32)cc1. The largest absolute Gasteiger partial charge is 0.497 e. The van der Waals surface area contributed by atoms with Crippen LogP contribution >= 0.6 is 0 Å². The number of aromatic nitrogens is 2. The molecule has 2 aromatic heterocycles. The molecule has 1 aliphatic rings. The Labute approximate surface area is 162 Å². The molecule has 0 spiro atoms. The van der Waals surface area contributed by atoms with Gasteiger partial charge in [-0.3, -0.25) is 0 Å². The lowest BCUT2D eigenvalue weighted by Crippen LogP contribution is -2.20. The third kappa shape index (κ3) is 3.03. The highest BCUT2D eigenvalue weighted by molar-refractivity contribution is 5.90. The maximum atomic E-state index is 5.58. The van der Waals surface area contributed by atoms with Gasteiger partial charge in [0.15, 0.2) is 5.58 Å². The van der Waals surface area contributed by atoms with E-state index in [2.05, 4.69) is 33.5 Å². The fourth-order valence-corrected chi connectivity index (χ4v) is 3.52. The first kappa shape index (κ1) is 16.6. The summed E-state index contributed by atoms with van der Waals surface area (Å²) in [6.07, 6.45) is 5.73. The number of methoxy groups -OCH3 is 1. The van der Waals surface area contributed by atoms with Gasteiger partial charge in [-0.05, 0) is 36.2 Å². The van der Waals surface area contributed by atoms with Gasteiger partial charge in [-0.1, -0.05) is 24.3 Å². The van der Waals surface area contributed by atoms with Crippen molar-refractivity contribution in [3.8, 4) is 5.75 Å². The summed E-state index contributed by atoms with van der Waals surface area (Å²) in [7, 11) is 1.68. The van der Waals surface area contributed by atoms with Crippen molar-refractivity contribution in [2.75, 3.05) is 23.9 Å². The Morgan fingerprint density at radius 2 is 2.07 bits per heavy atom. The predicted octanol–water partition coefficient (Wildman–Crippen LogP) is 4.34. The van der Waals surface area contributed by atoms with Crippen LogP contribution < -0.4 is 15.0 Å². The molecule has 0 bridgehead atoms. The van der Waals surface area contributed by atoms with Crippen molar-refractivity contribution in [1.29, 1.82) is 0 Å². The van der Waals surface area contributed by atoms with Gasteiger partial charge in [0, 0.05) is 24.0 Å². The minimum Gasteiger partial charge on any atom is -0.497 e. The average Bonchev–Trinajstić information content (AvgIpc) is 3.36. The first-order valence-corrected chi connectivity index (χ1v) is 9.20. The zero-order valence-corrected chi connectivity index (χ0v) is 15.5. The highest BCUT2D eigenvalue weighted by Crippen LogP contribution is 2.30. The minimum atomic E-state index is 0.518. The standard InChI is InChI=1S/C22H19N4O2/c1-27-18-7-5-15(6-8-18)14-26-11-9-17-13-23-22(25-21(17)26)24-19-4-2-3-16-10-12-28-20(16)19/h2-8,10,12H,9,11,14H2,1H3,(H,23,24,25). The van der Waals surface area contributed by atoms with E-state index in [4.69, 9.17) is 14.1 Å². The second-order valence-corrected chi connectivity index (χ2v) is 6.75. The van der Waals surface area contributed by atoms with Gasteiger partial charge in [0.25, 0.3) is 0 Å². The van der Waals surface area contributed by atoms with Gasteiger partial charge >= 0.3 is 0 Å². The molecular weight excluding hydrogens is 352 g/mol. The van der Waals surface area contributed by atoms with Gasteiger partial charge < -0.3 is 19.4 Å². The van der Waals surface area contributed by atoms with Crippen molar-refractivity contribution in [2.45, 2.75) is 13.0 Å². The number of nitrogens with one attached hydrogen (secondary N) is 1. The van der Waals surface area contributed by atoms with E-state index in [0.29, 0.717) is 5.95 Å². The van der Waals surface area contributed by atoms with E-state index in [1.807, 2.05) is 36.4 Å². The monoisotopic (exact) mass is 371 g/mol. The molecule has 5 rings (SSSR count). The number of fused-ring (bicyclic) bond motifs is 2. The van der Waals surface area contributed by atoms with Crippen LogP contribution in [-0.2, 0) is 13.0 Å². The fourth-order valence-electron chi connectivity index (χ4n) is 3.52. The Balaban J connectivity index is 1.40. The molecule has 4 aromatic rings. The van der Waals surface area contributed by atoms with Gasteiger partial charge in [-0.2, -0.15) is 4.98 Å². The van der Waals surface area contributed by atoms with Crippen LogP contribution in [-0.4, -0.2) is 23.6 Å². The molecule has 1 radical (unpaired) electrons. The lowest BCUT2D eigenvalue weighted by Gasteiger charge is -2.19. The van der Waals surface area contributed by atoms with E-state index in [9.17, 15) is 0 Å². The summed E-state index contributed by atoms with van der Waals surface area (Å²) in [5, 5.41) is 4.31. The Morgan fingerprint density at radius 1 is 1.18 bits per heavy atom. The van der Waals surface area contributed by atoms with Crippen molar-refractivity contribution < 1.29 is 9.15 Å². The maximum Gasteiger partial charge on any atom is 0.229 e. The summed E-state index contributed by atoms with van der Waals surface area (Å²) in [4.78, 5) is 11.4. The average molecular weight is 371 g/mol. The number of nitrogens with zero attached hydrogens (tertiary/aromatic N) is 3. The van der Waals surface area contributed by atoms with Gasteiger partial charge in [0.2, 0.25) is 5.95 Å². The Hall–Kier alpha value is -3.54. The zero-order valence-electron chi connectivity index (χ0n) is 15.5. The molecule has 0 saturated heterocycles. The van der Waals surface area contributed by atoms with Gasteiger partial charge in [-0.25, -0.2) is 4.98 Å². The van der Waals surface area contributed by atoms with Crippen LogP contribution in [0.25, 0.3) is 11.0 Å². The number of rotatable bonds is 5. The topological polar surface area (TPSA) is 63.4 Å². The normalized spacial score (nSPS) is 13.0. The van der Waals surface area contributed by atoms with Gasteiger partial charge in [0.05, 0.1) is 19.1 Å². The summed E-state index contributed by atoms with van der Waals surface area (Å²) >= 11 is 0. The molecule has 0 amide bonds. The van der Waals surface area contributed by atoms with Crippen LogP contribution in [0.5, 0.6) is 5.75 Å². The molecule has 0 unspecified atom stereocenters. The summed E-state index contributed by atoms with van der Waals surface area (Å²) in [6.45, 7) is 1.69. The Kier molecular flexibility index (Phi) is 4.09. The number of para-hydroxylation sites is 1. The van der Waals surface area contributed by atoms with Crippen LogP contribution in [0.4, 0.5) is 17.5 Å². The highest BCUT2D eigenvalue weighted by Gasteiger charge is 2.22. The molecule has 6 nitrogen and oxygen atoms in total. The van der Waals surface area contributed by atoms with Crippen LogP contribution in [0.2, 0.25) is 0 Å². The number of furan rings is 1. The van der Waals surface area contributed by atoms with E-state index < -0.39 is 0 Å². The third-order valence-electron chi connectivity index (χ3n) is 4.97. The zero-order chi connectivity index (χ0) is 18.9. The maximum absolute atomic E-state index is 5.58. The van der Waals surface area contributed by atoms with Crippen molar-refractivity contribution in [3.63, 3.8) is 0 Å². The van der Waals surface area contributed by atoms with E-state index in [0.717, 1.165) is 53.3 Å². The van der Waals surface area contributed by atoms with Crippen molar-refractivity contribution in [2.24, 2.45) is 0 Å². The second-order valence-electron chi connectivity index (χ2n) is 6.75. The lowest BCUT2D eigenvalue weighted by atomic mass is 10.2. The smallest absolute Gasteiger partial charge is 0.229 e. The summed E-state index contributed by atoms with van der Waals surface area (Å²) in [5.74, 6) is 2.31. The molecular formula is C22H19N4O2. The lowest BCUT2D eigenvalue weighted by molar-refractivity contribution is 0.414. The first-order valence-electron chi connectivity index (χ1n) is 9.20. The fraction of sp³-hybridized carbons (Fsp3) is 0.182. The van der Waals surface area contributed by atoms with Gasteiger partial charge in [0.1, 0.15) is 17.8 Å². The van der Waals surface area contributed by atoms with E-state index in [-0.39, 0.29) is 0 Å². The van der Waals surface area contributed by atoms with Gasteiger partial charge in [-0.15, -0.1) is 0 Å². The van der Waals surface area contributed by atoms with Crippen molar-refractivity contribution in [1.82, 2.24) is 9.97 Å². The molecule has 0 atom stereocenters. The summed E-state index contributed by atoms with van der Waals surface area (Å²) in [5.41, 5.74) is 3.90. The molecule has 6 heteroatoms. The molecule has 0 saturated carbocycles. The summed E-state index contributed by atoms with van der Waals surface area (Å²) in [6, 6.07) is 16.0. The quantitative estimate of drug-likeness (QED) is 0.563. The molecule has 1 aliphatic heterocycles. The molecule has 1 N–H and O–H groups in total. The second kappa shape index (κ2) is 6.88. The Bertz CT molecular complexity index is 1120. The predicted molar refractivity (Wildman–Crippen MR) is 108 cm³/mol. The number of benzene rings is 2.